The summed E-state index contributed by atoms with van der Waals surface area (Å²) in [5.74, 6) is 0.575. The highest BCUT2D eigenvalue weighted by atomic mass is 79.9. The largest absolute Gasteiger partial charge is 0.328 e. The van der Waals surface area contributed by atoms with Crippen molar-refractivity contribution in [1.82, 2.24) is 5.43 Å². The van der Waals surface area contributed by atoms with Gasteiger partial charge in [0.15, 0.2) is 16.6 Å². The van der Waals surface area contributed by atoms with Crippen molar-refractivity contribution in [2.45, 2.75) is 6.92 Å². The number of benzene rings is 2. The number of rotatable bonds is 3. The lowest BCUT2D eigenvalue weighted by molar-refractivity contribution is -0.850. The van der Waals surface area contributed by atoms with E-state index in [1.807, 2.05) is 75.6 Å². The number of nitrogens with one attached hydrogen (secondary N) is 1. The molecule has 2 aromatic carbocycles. The third kappa shape index (κ3) is 3.75. The number of amides is 1. The molecule has 0 atom stereocenters. The Morgan fingerprint density at radius 2 is 1.83 bits per heavy atom. The molecule has 0 unspecified atom stereocenters. The maximum Gasteiger partial charge on any atom is 0.328 e. The van der Waals surface area contributed by atoms with Crippen LogP contribution in [0.3, 0.4) is 0 Å². The number of quaternary nitrogens is 1. The monoisotopic (exact) mass is 470 g/mol. The van der Waals surface area contributed by atoms with Gasteiger partial charge < -0.3 is 0 Å². The lowest BCUT2D eigenvalue weighted by Gasteiger charge is -2.33. The average Bonchev–Trinajstić information content (AvgIpc) is 2.89. The fourth-order valence-electron chi connectivity index (χ4n) is 3.26. The van der Waals surface area contributed by atoms with E-state index in [0.717, 1.165) is 27.1 Å². The highest BCUT2D eigenvalue weighted by Crippen LogP contribution is 2.35. The maximum absolute atomic E-state index is 13.2. The summed E-state index contributed by atoms with van der Waals surface area (Å²) in [7, 11) is 3.97. The summed E-state index contributed by atoms with van der Waals surface area (Å²) >= 11 is 4.99. The van der Waals surface area contributed by atoms with Gasteiger partial charge in [-0.2, -0.15) is 9.69 Å². The van der Waals surface area contributed by atoms with Crippen LogP contribution < -0.4 is 10.4 Å². The fraction of sp³-hybridized carbons (Fsp3) is 0.190. The minimum absolute atomic E-state index is 0.115. The average molecular weight is 471 g/mol. The van der Waals surface area contributed by atoms with Gasteiger partial charge in [0.05, 0.1) is 25.5 Å². The normalized spacial score (nSPS) is 20.1. The number of nitrogens with zero attached hydrogens (tertiary/aromatic N) is 4. The molecular weight excluding hydrogens is 450 g/mol. The molecule has 2 aromatic rings. The van der Waals surface area contributed by atoms with E-state index >= 15 is 0 Å². The number of carbonyl (C=O) groups excluding carboxylic acids is 1. The Labute approximate surface area is 182 Å². The lowest BCUT2D eigenvalue weighted by Crippen LogP contribution is -2.51. The Hall–Kier alpha value is -2.42. The Morgan fingerprint density at radius 3 is 2.45 bits per heavy atom. The van der Waals surface area contributed by atoms with Gasteiger partial charge in [-0.1, -0.05) is 58.0 Å². The molecule has 0 radical (unpaired) electrons. The second-order valence-corrected chi connectivity index (χ2v) is 9.04. The van der Waals surface area contributed by atoms with E-state index in [9.17, 15) is 4.79 Å². The molecule has 0 aromatic heterocycles. The molecule has 1 N–H and O–H groups in total. The van der Waals surface area contributed by atoms with E-state index in [4.69, 9.17) is 0 Å². The molecular formula is C21H21BrN5OS+. The quantitative estimate of drug-likeness (QED) is 0.686. The summed E-state index contributed by atoms with van der Waals surface area (Å²) in [5, 5.41) is 6.84. The van der Waals surface area contributed by atoms with Crippen LogP contribution in [0.2, 0.25) is 0 Å². The number of aliphatic imine (C=N–C) groups is 1. The smallest absolute Gasteiger partial charge is 0.261 e. The third-order valence-corrected chi connectivity index (χ3v) is 6.48. The molecule has 4 rings (SSSR count). The number of halogens is 1. The molecule has 0 aliphatic carbocycles. The van der Waals surface area contributed by atoms with Gasteiger partial charge in [-0.25, -0.2) is 4.99 Å². The third-order valence-electron chi connectivity index (χ3n) is 5.08. The fourth-order valence-corrected chi connectivity index (χ4v) is 4.30. The van der Waals surface area contributed by atoms with Gasteiger partial charge in [-0.15, -0.1) is 5.01 Å². The number of amidine groups is 1. The first-order chi connectivity index (χ1) is 13.9. The van der Waals surface area contributed by atoms with Crippen molar-refractivity contribution in [2.24, 2.45) is 10.1 Å². The Bertz CT molecular complexity index is 1040. The molecule has 148 valence electrons. The van der Waals surface area contributed by atoms with E-state index in [-0.39, 0.29) is 5.91 Å². The van der Waals surface area contributed by atoms with Gasteiger partial charge in [-0.3, -0.25) is 10.2 Å². The number of para-hydroxylation sites is 1. The number of carbonyl (C=O) groups is 1. The van der Waals surface area contributed by atoms with Gasteiger partial charge in [0, 0.05) is 17.1 Å². The van der Waals surface area contributed by atoms with Crippen molar-refractivity contribution in [3.8, 4) is 0 Å². The minimum atomic E-state index is -0.115. The molecule has 0 bridgehead atoms. The first-order valence-electron chi connectivity index (χ1n) is 9.13. The summed E-state index contributed by atoms with van der Waals surface area (Å²) in [6.45, 7) is 1.95. The molecule has 0 saturated heterocycles. The second kappa shape index (κ2) is 7.78. The van der Waals surface area contributed by atoms with Gasteiger partial charge in [0.2, 0.25) is 0 Å². The molecule has 2 aliphatic rings. The van der Waals surface area contributed by atoms with Crippen molar-refractivity contribution in [3.05, 3.63) is 76.0 Å². The summed E-state index contributed by atoms with van der Waals surface area (Å²) in [6, 6.07) is 17.7. The summed E-state index contributed by atoms with van der Waals surface area (Å²) in [4.78, 5) is 17.8. The predicted molar refractivity (Wildman–Crippen MR) is 122 cm³/mol. The first-order valence-corrected chi connectivity index (χ1v) is 10.9. The van der Waals surface area contributed by atoms with Crippen LogP contribution in [-0.2, 0) is 4.79 Å². The molecule has 0 spiro atoms. The zero-order valence-electron chi connectivity index (χ0n) is 16.4. The topological polar surface area (TPSA) is 57.1 Å². The summed E-state index contributed by atoms with van der Waals surface area (Å²) in [6.07, 6.45) is 0. The van der Waals surface area contributed by atoms with E-state index in [1.54, 1.807) is 16.8 Å². The minimum Gasteiger partial charge on any atom is -0.261 e. The summed E-state index contributed by atoms with van der Waals surface area (Å²) < 4.78 is 1.35. The van der Waals surface area contributed by atoms with Gasteiger partial charge in [0.1, 0.15) is 0 Å². The second-order valence-electron chi connectivity index (χ2n) is 7.16. The standard InChI is InChI=1S/C21H21BrN5OS/c1-14-19(20(28)26(27(14,2)3)17-7-5-4-6-8-17)23-21-25-24-18(13-29-21)15-9-11-16(22)12-10-15/h4-12H,13H2,1-3H3,(H,23,25)/q+1. The van der Waals surface area contributed by atoms with E-state index in [2.05, 4.69) is 31.4 Å². The van der Waals surface area contributed by atoms with Crippen LogP contribution in [-0.4, -0.2) is 41.2 Å². The molecule has 1 amide bonds. The van der Waals surface area contributed by atoms with E-state index in [1.165, 1.54) is 0 Å². The van der Waals surface area contributed by atoms with Crippen LogP contribution in [0.4, 0.5) is 5.69 Å². The van der Waals surface area contributed by atoms with Crippen molar-refractivity contribution in [2.75, 3.05) is 24.9 Å². The Morgan fingerprint density at radius 1 is 1.14 bits per heavy atom. The SMILES string of the molecule is CC1=C(N=C2NN=C(c3ccc(Br)cc3)CS2)C(=O)N(c2ccccc2)[N+]1(C)C. The van der Waals surface area contributed by atoms with Gasteiger partial charge in [0.25, 0.3) is 0 Å². The van der Waals surface area contributed by atoms with Crippen LogP contribution >= 0.6 is 27.7 Å². The van der Waals surface area contributed by atoms with Crippen molar-refractivity contribution in [3.63, 3.8) is 0 Å². The molecule has 8 heteroatoms. The van der Waals surface area contributed by atoms with Crippen LogP contribution in [0.1, 0.15) is 12.5 Å². The lowest BCUT2D eigenvalue weighted by atomic mass is 10.1. The number of hydrogen-bond acceptors (Lipinski definition) is 4. The maximum atomic E-state index is 13.2. The molecule has 2 heterocycles. The summed E-state index contributed by atoms with van der Waals surface area (Å²) in [5.41, 5.74) is 7.21. The zero-order chi connectivity index (χ0) is 20.6. The molecule has 6 nitrogen and oxygen atoms in total. The number of hydrazone groups is 1. The van der Waals surface area contributed by atoms with Crippen molar-refractivity contribution >= 4 is 50.2 Å². The number of hydrogen-bond donors (Lipinski definition) is 1. The Balaban J connectivity index is 1.59. The van der Waals surface area contributed by atoms with E-state index in [0.29, 0.717) is 21.2 Å². The Kier molecular flexibility index (Phi) is 5.33. The van der Waals surface area contributed by atoms with Gasteiger partial charge in [-0.05, 0) is 29.8 Å². The molecule has 0 fully saturated rings. The number of thioether (sulfide) groups is 1. The first kappa shape index (κ1) is 19.9. The molecule has 2 aliphatic heterocycles. The van der Waals surface area contributed by atoms with E-state index < -0.39 is 0 Å². The van der Waals surface area contributed by atoms with Crippen LogP contribution in [0.25, 0.3) is 0 Å². The van der Waals surface area contributed by atoms with Crippen LogP contribution in [0, 0.1) is 0 Å². The van der Waals surface area contributed by atoms with Gasteiger partial charge >= 0.3 is 5.91 Å². The number of anilines is 1. The van der Waals surface area contributed by atoms with Crippen LogP contribution in [0.5, 0.6) is 0 Å². The van der Waals surface area contributed by atoms with Crippen molar-refractivity contribution < 1.29 is 9.39 Å². The highest BCUT2D eigenvalue weighted by molar-refractivity contribution is 9.10. The molecule has 29 heavy (non-hydrogen) atoms. The van der Waals surface area contributed by atoms with Crippen LogP contribution in [0.15, 0.2) is 80.6 Å². The zero-order valence-corrected chi connectivity index (χ0v) is 18.8. The molecule has 0 saturated carbocycles. The van der Waals surface area contributed by atoms with Crippen molar-refractivity contribution in [1.29, 1.82) is 0 Å². The highest BCUT2D eigenvalue weighted by Gasteiger charge is 2.46. The number of allylic oxidation sites excluding steroid dienone is 1. The predicted octanol–water partition coefficient (Wildman–Crippen LogP) is 4.12.